The Kier molecular flexibility index (Phi) is 6.42. The van der Waals surface area contributed by atoms with E-state index >= 15 is 0 Å². The van der Waals surface area contributed by atoms with E-state index in [1.165, 1.54) is 38.5 Å². The summed E-state index contributed by atoms with van der Waals surface area (Å²) in [5.74, 6) is 2.77. The molecule has 4 fully saturated rings. The lowest BCUT2D eigenvalue weighted by molar-refractivity contribution is -0.125. The molecule has 0 heterocycles. The molecule has 0 aromatic carbocycles. The first-order chi connectivity index (χ1) is 11.8. The average Bonchev–Trinajstić information content (AvgIpc) is 2.46. The van der Waals surface area contributed by atoms with Crippen molar-refractivity contribution in [2.45, 2.75) is 71.0 Å². The summed E-state index contributed by atoms with van der Waals surface area (Å²) in [6.45, 7) is 11.6. The largest absolute Gasteiger partial charge is 0.315 e. The highest BCUT2D eigenvalue weighted by molar-refractivity contribution is 7.80. The third-order valence-corrected chi connectivity index (χ3v) is 7.36. The van der Waals surface area contributed by atoms with E-state index in [0.717, 1.165) is 43.6 Å². The quantitative estimate of drug-likeness (QED) is 0.264. The summed E-state index contributed by atoms with van der Waals surface area (Å²) in [4.78, 5) is 2.57. The lowest BCUT2D eigenvalue weighted by Crippen LogP contribution is -2.67. The van der Waals surface area contributed by atoms with Gasteiger partial charge in [-0.15, -0.1) is 0 Å². The Morgan fingerprint density at radius 2 is 1.64 bits per heavy atom. The predicted molar refractivity (Wildman–Crippen MR) is 115 cm³/mol. The van der Waals surface area contributed by atoms with Crippen molar-refractivity contribution >= 4 is 25.3 Å². The molecule has 0 spiro atoms. The summed E-state index contributed by atoms with van der Waals surface area (Å²) < 4.78 is 0. The molecule has 4 bridgehead atoms. The third-order valence-electron chi connectivity index (χ3n) is 6.94. The van der Waals surface area contributed by atoms with Gasteiger partial charge in [0.25, 0.3) is 0 Å². The van der Waals surface area contributed by atoms with Gasteiger partial charge in [0.2, 0.25) is 0 Å². The van der Waals surface area contributed by atoms with Crippen molar-refractivity contribution < 1.29 is 0 Å². The summed E-state index contributed by atoms with van der Waals surface area (Å²) >= 11 is 8.78. The SMILES string of the molecule is CC(NC12CC3CC(C)(CC(C)(C3)C1)C2)N(CCS)CCNCCS. The second-order valence-corrected chi connectivity index (χ2v) is 10.9. The Labute approximate surface area is 166 Å². The van der Waals surface area contributed by atoms with Gasteiger partial charge >= 0.3 is 0 Å². The van der Waals surface area contributed by atoms with Crippen LogP contribution in [0.25, 0.3) is 0 Å². The molecule has 0 aliphatic heterocycles. The van der Waals surface area contributed by atoms with Crippen LogP contribution in [-0.2, 0) is 0 Å². The van der Waals surface area contributed by atoms with E-state index in [2.05, 4.69) is 61.6 Å². The van der Waals surface area contributed by atoms with Gasteiger partial charge in [-0.1, -0.05) is 13.8 Å². The maximum atomic E-state index is 4.50. The molecule has 3 unspecified atom stereocenters. The van der Waals surface area contributed by atoms with Gasteiger partial charge < -0.3 is 5.32 Å². The fourth-order valence-electron chi connectivity index (χ4n) is 7.20. The van der Waals surface area contributed by atoms with Crippen molar-refractivity contribution in [3.63, 3.8) is 0 Å². The Morgan fingerprint density at radius 3 is 2.20 bits per heavy atom. The topological polar surface area (TPSA) is 27.3 Å². The van der Waals surface area contributed by atoms with Crippen LogP contribution in [0.3, 0.4) is 0 Å². The van der Waals surface area contributed by atoms with Gasteiger partial charge in [-0.05, 0) is 62.2 Å². The fourth-order valence-corrected chi connectivity index (χ4v) is 7.61. The summed E-state index contributed by atoms with van der Waals surface area (Å²) in [5.41, 5.74) is 1.52. The zero-order valence-electron chi connectivity index (χ0n) is 16.5. The molecule has 146 valence electrons. The first-order valence-electron chi connectivity index (χ1n) is 10.3. The van der Waals surface area contributed by atoms with Crippen molar-refractivity contribution in [2.75, 3.05) is 37.7 Å². The van der Waals surface area contributed by atoms with Gasteiger partial charge in [-0.2, -0.15) is 25.3 Å². The average molecular weight is 386 g/mol. The fraction of sp³-hybridized carbons (Fsp3) is 1.00. The Hall–Kier alpha value is 0.580. The van der Waals surface area contributed by atoms with E-state index in [4.69, 9.17) is 0 Å². The highest BCUT2D eigenvalue weighted by atomic mass is 32.1. The van der Waals surface area contributed by atoms with Crippen LogP contribution >= 0.6 is 25.3 Å². The monoisotopic (exact) mass is 385 g/mol. The van der Waals surface area contributed by atoms with Crippen molar-refractivity contribution in [3.8, 4) is 0 Å². The molecule has 25 heavy (non-hydrogen) atoms. The molecule has 3 nitrogen and oxygen atoms in total. The first-order valence-corrected chi connectivity index (χ1v) is 11.5. The van der Waals surface area contributed by atoms with Crippen molar-refractivity contribution in [3.05, 3.63) is 0 Å². The van der Waals surface area contributed by atoms with Crippen LogP contribution in [0.1, 0.15) is 59.3 Å². The van der Waals surface area contributed by atoms with Gasteiger partial charge in [0, 0.05) is 43.2 Å². The zero-order valence-corrected chi connectivity index (χ0v) is 18.3. The molecule has 0 aromatic heterocycles. The number of hydrogen-bond acceptors (Lipinski definition) is 5. The minimum Gasteiger partial charge on any atom is -0.315 e. The number of nitrogens with one attached hydrogen (secondary N) is 2. The maximum Gasteiger partial charge on any atom is 0.0573 e. The summed E-state index contributed by atoms with van der Waals surface area (Å²) in [6.07, 6.45) is 8.96. The molecule has 0 saturated heterocycles. The van der Waals surface area contributed by atoms with Crippen LogP contribution in [-0.4, -0.2) is 54.3 Å². The molecule has 4 rings (SSSR count). The van der Waals surface area contributed by atoms with Crippen molar-refractivity contribution in [2.24, 2.45) is 16.7 Å². The second-order valence-electron chi connectivity index (χ2n) is 9.96. The molecule has 4 saturated carbocycles. The number of rotatable bonds is 10. The molecule has 5 heteroatoms. The van der Waals surface area contributed by atoms with Crippen LogP contribution in [0.5, 0.6) is 0 Å². The van der Waals surface area contributed by atoms with Gasteiger partial charge in [-0.3, -0.25) is 10.2 Å². The molecule has 4 aliphatic carbocycles. The van der Waals surface area contributed by atoms with Gasteiger partial charge in [0.15, 0.2) is 0 Å². The second kappa shape index (κ2) is 7.90. The molecular weight excluding hydrogens is 346 g/mol. The van der Waals surface area contributed by atoms with Gasteiger partial charge in [0.1, 0.15) is 0 Å². The molecule has 0 aromatic rings. The highest BCUT2D eigenvalue weighted by Crippen LogP contribution is 2.66. The van der Waals surface area contributed by atoms with Crippen LogP contribution in [0.4, 0.5) is 0 Å². The number of hydrogen-bond donors (Lipinski definition) is 4. The molecule has 0 amide bonds. The lowest BCUT2D eigenvalue weighted by Gasteiger charge is -2.66. The first kappa shape index (κ1) is 20.3. The van der Waals surface area contributed by atoms with Crippen LogP contribution in [0.2, 0.25) is 0 Å². The molecule has 2 N–H and O–H groups in total. The van der Waals surface area contributed by atoms with E-state index in [0.29, 0.717) is 22.5 Å². The standard InChI is InChI=1S/C20H39N3S2/c1-16(23(7-9-25)6-4-21-5-8-24)22-20-12-17-10-18(2,14-20)13-19(3,11-17)15-20/h16-17,21-22,24-25H,4-15H2,1-3H3. The Bertz CT molecular complexity index is 440. The minimum atomic E-state index is 0.371. The Morgan fingerprint density at radius 1 is 0.960 bits per heavy atom. The number of thiol groups is 2. The lowest BCUT2D eigenvalue weighted by atomic mass is 9.42. The minimum absolute atomic E-state index is 0.371. The Balaban J connectivity index is 1.63. The predicted octanol–water partition coefficient (Wildman–Crippen LogP) is 3.42. The molecule has 4 aliphatic rings. The van der Waals surface area contributed by atoms with E-state index < -0.39 is 0 Å². The van der Waals surface area contributed by atoms with E-state index in [-0.39, 0.29) is 0 Å². The van der Waals surface area contributed by atoms with Crippen LogP contribution in [0, 0.1) is 16.7 Å². The van der Waals surface area contributed by atoms with Crippen LogP contribution in [0.15, 0.2) is 0 Å². The molecule has 0 radical (unpaired) electrons. The zero-order chi connectivity index (χ0) is 18.1. The van der Waals surface area contributed by atoms with E-state index in [1.54, 1.807) is 0 Å². The normalized spacial score (nSPS) is 40.8. The number of nitrogens with zero attached hydrogens (tertiary/aromatic N) is 1. The summed E-state index contributed by atoms with van der Waals surface area (Å²) in [7, 11) is 0. The van der Waals surface area contributed by atoms with E-state index in [1.807, 2.05) is 0 Å². The van der Waals surface area contributed by atoms with Crippen molar-refractivity contribution in [1.29, 1.82) is 0 Å². The summed E-state index contributed by atoms with van der Waals surface area (Å²) in [6, 6.07) is 0. The molecular formula is C20H39N3S2. The smallest absolute Gasteiger partial charge is 0.0573 e. The van der Waals surface area contributed by atoms with Gasteiger partial charge in [-0.25, -0.2) is 0 Å². The summed E-state index contributed by atoms with van der Waals surface area (Å²) in [5, 5.41) is 7.63. The van der Waals surface area contributed by atoms with E-state index in [9.17, 15) is 0 Å². The molecule has 3 atom stereocenters. The van der Waals surface area contributed by atoms with Crippen LogP contribution < -0.4 is 10.6 Å². The highest BCUT2D eigenvalue weighted by Gasteiger charge is 2.60. The van der Waals surface area contributed by atoms with Crippen molar-refractivity contribution in [1.82, 2.24) is 15.5 Å². The van der Waals surface area contributed by atoms with Gasteiger partial charge in [0.05, 0.1) is 6.17 Å². The third kappa shape index (κ3) is 4.71. The maximum absolute atomic E-state index is 4.50.